The lowest BCUT2D eigenvalue weighted by Crippen LogP contribution is -2.25. The zero-order chi connectivity index (χ0) is 13.6. The van der Waals surface area contributed by atoms with Gasteiger partial charge in [-0.2, -0.15) is 0 Å². The highest BCUT2D eigenvalue weighted by atomic mass is 32.2. The van der Waals surface area contributed by atoms with E-state index in [-0.39, 0.29) is 4.90 Å². The maximum atomic E-state index is 12.9. The molecule has 1 unspecified atom stereocenters. The van der Waals surface area contributed by atoms with Crippen molar-refractivity contribution >= 4 is 10.0 Å². The minimum atomic E-state index is -3.61. The third-order valence-corrected chi connectivity index (χ3v) is 4.13. The smallest absolute Gasteiger partial charge is 0.240 e. The average Bonchev–Trinajstić information content (AvgIpc) is 2.34. The lowest BCUT2D eigenvalue weighted by atomic mass is 10.1. The number of rotatable bonds is 7. The van der Waals surface area contributed by atoms with Gasteiger partial charge in [0.1, 0.15) is 5.82 Å². The van der Waals surface area contributed by atoms with E-state index >= 15 is 0 Å². The van der Waals surface area contributed by atoms with Crippen LogP contribution in [0.4, 0.5) is 4.39 Å². The summed E-state index contributed by atoms with van der Waals surface area (Å²) in [5.74, 6) is -0.182. The molecule has 4 nitrogen and oxygen atoms in total. The maximum absolute atomic E-state index is 12.9. The van der Waals surface area contributed by atoms with Gasteiger partial charge in [0.2, 0.25) is 10.0 Å². The molecule has 0 radical (unpaired) electrons. The zero-order valence-electron chi connectivity index (χ0n) is 10.4. The summed E-state index contributed by atoms with van der Waals surface area (Å²) in [6, 6.07) is 4.96. The van der Waals surface area contributed by atoms with E-state index in [2.05, 4.69) is 4.72 Å². The van der Waals surface area contributed by atoms with Crippen LogP contribution in [0.2, 0.25) is 0 Å². The molecule has 18 heavy (non-hydrogen) atoms. The highest BCUT2D eigenvalue weighted by Crippen LogP contribution is 2.10. The monoisotopic (exact) mass is 274 g/mol. The van der Waals surface area contributed by atoms with Gasteiger partial charge in [-0.1, -0.05) is 13.0 Å². The first-order valence-electron chi connectivity index (χ1n) is 5.91. The van der Waals surface area contributed by atoms with Crippen molar-refractivity contribution in [3.05, 3.63) is 30.1 Å². The molecular formula is C12H19FN2O2S. The predicted molar refractivity (Wildman–Crippen MR) is 69.0 cm³/mol. The summed E-state index contributed by atoms with van der Waals surface area (Å²) in [4.78, 5) is -0.0469. The Morgan fingerprint density at radius 1 is 1.44 bits per heavy atom. The fourth-order valence-electron chi connectivity index (χ4n) is 1.49. The fourth-order valence-corrected chi connectivity index (χ4v) is 2.60. The van der Waals surface area contributed by atoms with Crippen molar-refractivity contribution in [2.24, 2.45) is 11.7 Å². The Kier molecular flexibility index (Phi) is 5.71. The molecule has 6 heteroatoms. The van der Waals surface area contributed by atoms with E-state index < -0.39 is 15.8 Å². The van der Waals surface area contributed by atoms with Crippen molar-refractivity contribution in [3.8, 4) is 0 Å². The van der Waals surface area contributed by atoms with Gasteiger partial charge < -0.3 is 5.73 Å². The van der Waals surface area contributed by atoms with Crippen LogP contribution in [0.5, 0.6) is 0 Å². The van der Waals surface area contributed by atoms with E-state index in [0.29, 0.717) is 25.4 Å². The summed E-state index contributed by atoms with van der Waals surface area (Å²) in [7, 11) is -3.61. The Balaban J connectivity index is 2.51. The van der Waals surface area contributed by atoms with Crippen LogP contribution >= 0.6 is 0 Å². The molecule has 0 aromatic heterocycles. The molecule has 0 saturated heterocycles. The highest BCUT2D eigenvalue weighted by Gasteiger charge is 2.13. The SMILES string of the molecule is CC(CN)CCCNS(=O)(=O)c1cccc(F)c1. The van der Waals surface area contributed by atoms with Gasteiger partial charge in [0.05, 0.1) is 4.90 Å². The lowest BCUT2D eigenvalue weighted by molar-refractivity contribution is 0.513. The van der Waals surface area contributed by atoms with Crippen molar-refractivity contribution in [2.75, 3.05) is 13.1 Å². The lowest BCUT2D eigenvalue weighted by Gasteiger charge is -2.09. The van der Waals surface area contributed by atoms with E-state index in [1.165, 1.54) is 18.2 Å². The first-order valence-corrected chi connectivity index (χ1v) is 7.39. The highest BCUT2D eigenvalue weighted by molar-refractivity contribution is 7.89. The molecule has 0 fully saturated rings. The van der Waals surface area contributed by atoms with Crippen molar-refractivity contribution in [2.45, 2.75) is 24.7 Å². The summed E-state index contributed by atoms with van der Waals surface area (Å²) >= 11 is 0. The van der Waals surface area contributed by atoms with Crippen molar-refractivity contribution in [1.82, 2.24) is 4.72 Å². The minimum absolute atomic E-state index is 0.0469. The number of hydrogen-bond acceptors (Lipinski definition) is 3. The van der Waals surface area contributed by atoms with Crippen LogP contribution in [-0.2, 0) is 10.0 Å². The summed E-state index contributed by atoms with van der Waals surface area (Å²) < 4.78 is 39.0. The summed E-state index contributed by atoms with van der Waals surface area (Å²) in [6.45, 7) is 2.95. The third kappa shape index (κ3) is 4.72. The van der Waals surface area contributed by atoms with Gasteiger partial charge in [-0.15, -0.1) is 0 Å². The molecule has 0 aliphatic heterocycles. The van der Waals surface area contributed by atoms with E-state index in [1.807, 2.05) is 6.92 Å². The summed E-state index contributed by atoms with van der Waals surface area (Å²) in [5.41, 5.74) is 5.47. The standard InChI is InChI=1S/C12H19FN2O2S/c1-10(9-14)4-3-7-15-18(16,17)12-6-2-5-11(13)8-12/h2,5-6,8,10,15H,3-4,7,9,14H2,1H3. The molecular weight excluding hydrogens is 255 g/mol. The van der Waals surface area contributed by atoms with Crippen LogP contribution < -0.4 is 10.5 Å². The molecule has 0 heterocycles. The van der Waals surface area contributed by atoms with Crippen molar-refractivity contribution < 1.29 is 12.8 Å². The van der Waals surface area contributed by atoms with Gasteiger partial charge in [-0.3, -0.25) is 0 Å². The average molecular weight is 274 g/mol. The number of nitrogens with one attached hydrogen (secondary N) is 1. The fraction of sp³-hybridized carbons (Fsp3) is 0.500. The molecule has 1 aromatic carbocycles. The Morgan fingerprint density at radius 2 is 2.17 bits per heavy atom. The van der Waals surface area contributed by atoms with Gasteiger partial charge >= 0.3 is 0 Å². The van der Waals surface area contributed by atoms with Gasteiger partial charge in [-0.25, -0.2) is 17.5 Å². The maximum Gasteiger partial charge on any atom is 0.240 e. The van der Waals surface area contributed by atoms with Crippen LogP contribution in [0.15, 0.2) is 29.2 Å². The van der Waals surface area contributed by atoms with E-state index in [0.717, 1.165) is 12.5 Å². The molecule has 0 saturated carbocycles. The first kappa shape index (κ1) is 15.1. The zero-order valence-corrected chi connectivity index (χ0v) is 11.2. The second kappa shape index (κ2) is 6.82. The van der Waals surface area contributed by atoms with Crippen LogP contribution in [0.3, 0.4) is 0 Å². The van der Waals surface area contributed by atoms with Gasteiger partial charge in [0.15, 0.2) is 0 Å². The quantitative estimate of drug-likeness (QED) is 0.740. The number of hydrogen-bond donors (Lipinski definition) is 2. The number of benzene rings is 1. The normalized spacial score (nSPS) is 13.5. The molecule has 102 valence electrons. The molecule has 0 aliphatic carbocycles. The number of sulfonamides is 1. The topological polar surface area (TPSA) is 72.2 Å². The second-order valence-electron chi connectivity index (χ2n) is 4.34. The predicted octanol–water partition coefficient (Wildman–Crippen LogP) is 1.48. The summed E-state index contributed by atoms with van der Waals surface area (Å²) in [5, 5.41) is 0. The Bertz CT molecular complexity index is 477. The van der Waals surface area contributed by atoms with Crippen LogP contribution in [-0.4, -0.2) is 21.5 Å². The molecule has 1 aromatic rings. The van der Waals surface area contributed by atoms with E-state index in [4.69, 9.17) is 5.73 Å². The number of nitrogens with two attached hydrogens (primary N) is 1. The molecule has 3 N–H and O–H groups in total. The largest absolute Gasteiger partial charge is 0.330 e. The molecule has 1 rings (SSSR count). The molecule has 0 spiro atoms. The van der Waals surface area contributed by atoms with Crippen LogP contribution in [0.1, 0.15) is 19.8 Å². The first-order chi connectivity index (χ1) is 8.45. The Labute approximate surface area is 107 Å². The molecule has 0 aliphatic rings. The molecule has 1 atom stereocenters. The van der Waals surface area contributed by atoms with Gasteiger partial charge in [-0.05, 0) is 43.5 Å². The van der Waals surface area contributed by atoms with Crippen molar-refractivity contribution in [3.63, 3.8) is 0 Å². The van der Waals surface area contributed by atoms with E-state index in [9.17, 15) is 12.8 Å². The Morgan fingerprint density at radius 3 is 2.78 bits per heavy atom. The van der Waals surface area contributed by atoms with Gasteiger partial charge in [0.25, 0.3) is 0 Å². The Hall–Kier alpha value is -0.980. The van der Waals surface area contributed by atoms with E-state index in [1.54, 1.807) is 0 Å². The second-order valence-corrected chi connectivity index (χ2v) is 6.11. The molecule has 0 amide bonds. The van der Waals surface area contributed by atoms with Crippen LogP contribution in [0, 0.1) is 11.7 Å². The van der Waals surface area contributed by atoms with Crippen molar-refractivity contribution in [1.29, 1.82) is 0 Å². The summed E-state index contributed by atoms with van der Waals surface area (Å²) in [6.07, 6.45) is 1.58. The van der Waals surface area contributed by atoms with Gasteiger partial charge in [0, 0.05) is 6.54 Å². The van der Waals surface area contributed by atoms with Crippen LogP contribution in [0.25, 0.3) is 0 Å². The minimum Gasteiger partial charge on any atom is -0.330 e. The number of halogens is 1. The third-order valence-electron chi connectivity index (χ3n) is 2.67. The molecule has 0 bridgehead atoms.